The van der Waals surface area contributed by atoms with Gasteiger partial charge in [0, 0.05) is 19.8 Å². The van der Waals surface area contributed by atoms with Crippen molar-refractivity contribution in [1.82, 2.24) is 0 Å². The van der Waals surface area contributed by atoms with Crippen molar-refractivity contribution < 1.29 is 9.47 Å². The molecule has 0 aliphatic carbocycles. The molecule has 2 nitrogen and oxygen atoms in total. The fourth-order valence-electron chi connectivity index (χ4n) is 1.62. The van der Waals surface area contributed by atoms with Crippen LogP contribution in [-0.4, -0.2) is 23.0 Å². The Balaban J connectivity index is 3.17. The molecule has 3 heteroatoms. The van der Waals surface area contributed by atoms with E-state index in [0.717, 1.165) is 5.56 Å². The molecule has 0 aliphatic rings. The maximum absolute atomic E-state index is 5.29. The Morgan fingerprint density at radius 1 is 1.12 bits per heavy atom. The van der Waals surface area contributed by atoms with E-state index in [1.54, 1.807) is 14.2 Å². The van der Waals surface area contributed by atoms with Crippen LogP contribution in [0.5, 0.6) is 0 Å². The van der Waals surface area contributed by atoms with Gasteiger partial charge in [-0.1, -0.05) is 35.7 Å². The molecule has 0 N–H and O–H groups in total. The third kappa shape index (κ3) is 2.69. The van der Waals surface area contributed by atoms with Gasteiger partial charge < -0.3 is 9.47 Å². The Morgan fingerprint density at radius 2 is 1.69 bits per heavy atom. The minimum absolute atomic E-state index is 0.323. The average molecular weight is 233 g/mol. The second kappa shape index (κ2) is 6.43. The lowest BCUT2D eigenvalue weighted by atomic mass is 10.2. The maximum Gasteiger partial charge on any atom is 0.183 e. The van der Waals surface area contributed by atoms with Gasteiger partial charge in [-0.2, -0.15) is 0 Å². The molecule has 0 spiro atoms. The molecule has 1 aromatic carbocycles. The van der Waals surface area contributed by atoms with Crippen LogP contribution in [0.3, 0.4) is 0 Å². The number of rotatable bonds is 6. The monoisotopic (exact) mass is 233 g/mol. The van der Waals surface area contributed by atoms with Crippen LogP contribution < -0.4 is 5.19 Å². The van der Waals surface area contributed by atoms with Gasteiger partial charge in [-0.05, 0) is 5.19 Å². The van der Waals surface area contributed by atoms with Crippen molar-refractivity contribution in [3.05, 3.63) is 54.4 Å². The molecule has 0 bridgehead atoms. The molecule has 1 rings (SSSR count). The Kier molecular flexibility index (Phi) is 5.18. The summed E-state index contributed by atoms with van der Waals surface area (Å²) in [6.45, 7) is 7.71. The summed E-state index contributed by atoms with van der Waals surface area (Å²) in [7, 11) is 2.35. The highest BCUT2D eigenvalue weighted by Gasteiger charge is 2.17. The minimum atomic E-state index is -0.927. The molecule has 0 saturated heterocycles. The van der Waals surface area contributed by atoms with Crippen LogP contribution >= 0.6 is 0 Å². The molecule has 0 fully saturated rings. The zero-order chi connectivity index (χ0) is 12.0. The highest BCUT2D eigenvalue weighted by atomic mass is 28.3. The highest BCUT2D eigenvalue weighted by Crippen LogP contribution is 2.15. The van der Waals surface area contributed by atoms with Crippen LogP contribution in [-0.2, 0) is 9.47 Å². The van der Waals surface area contributed by atoms with Crippen molar-refractivity contribution in [2.45, 2.75) is 6.29 Å². The van der Waals surface area contributed by atoms with Crippen molar-refractivity contribution in [1.29, 1.82) is 0 Å². The van der Waals surface area contributed by atoms with Gasteiger partial charge >= 0.3 is 0 Å². The number of ether oxygens (including phenoxy) is 2. The molecule has 1 aromatic rings. The molecular formula is C13H17O2Si. The first-order valence-corrected chi connectivity index (χ1v) is 6.70. The quantitative estimate of drug-likeness (QED) is 0.553. The van der Waals surface area contributed by atoms with Gasteiger partial charge in [0.15, 0.2) is 6.29 Å². The summed E-state index contributed by atoms with van der Waals surface area (Å²) in [6.07, 6.45) is -0.323. The molecule has 0 aliphatic heterocycles. The van der Waals surface area contributed by atoms with Gasteiger partial charge in [0.25, 0.3) is 0 Å². The van der Waals surface area contributed by atoms with E-state index in [1.807, 2.05) is 29.6 Å². The number of methoxy groups -OCH3 is 2. The Morgan fingerprint density at radius 3 is 2.19 bits per heavy atom. The summed E-state index contributed by atoms with van der Waals surface area (Å²) in [5.74, 6) is 0. The Hall–Kier alpha value is -1.16. The molecule has 0 aromatic heterocycles. The van der Waals surface area contributed by atoms with E-state index < -0.39 is 8.80 Å². The lowest BCUT2D eigenvalue weighted by molar-refractivity contribution is -0.105. The lowest BCUT2D eigenvalue weighted by Gasteiger charge is -2.19. The van der Waals surface area contributed by atoms with Gasteiger partial charge in [-0.25, -0.2) is 0 Å². The van der Waals surface area contributed by atoms with E-state index in [-0.39, 0.29) is 6.29 Å². The number of hydrogen-bond donors (Lipinski definition) is 0. The Labute approximate surface area is 98.8 Å². The van der Waals surface area contributed by atoms with Crippen molar-refractivity contribution in [3.63, 3.8) is 0 Å². The third-order valence-corrected chi connectivity index (χ3v) is 4.35. The summed E-state index contributed by atoms with van der Waals surface area (Å²) in [5.41, 5.74) is 4.97. The van der Waals surface area contributed by atoms with Gasteiger partial charge in [0.05, 0.1) is 0 Å². The van der Waals surface area contributed by atoms with Gasteiger partial charge in [0.1, 0.15) is 8.80 Å². The fourth-order valence-corrected chi connectivity index (χ4v) is 3.05. The number of benzene rings is 1. The zero-order valence-corrected chi connectivity index (χ0v) is 10.8. The first kappa shape index (κ1) is 12.9. The number of hydrogen-bond acceptors (Lipinski definition) is 2. The van der Waals surface area contributed by atoms with E-state index >= 15 is 0 Å². The largest absolute Gasteiger partial charge is 0.352 e. The summed E-state index contributed by atoms with van der Waals surface area (Å²) in [5, 5.41) is 1.21. The zero-order valence-electron chi connectivity index (χ0n) is 9.77. The van der Waals surface area contributed by atoms with E-state index in [9.17, 15) is 0 Å². The van der Waals surface area contributed by atoms with Gasteiger partial charge in [0.2, 0.25) is 0 Å². The van der Waals surface area contributed by atoms with Crippen LogP contribution in [0.2, 0.25) is 0 Å². The molecule has 16 heavy (non-hydrogen) atoms. The standard InChI is InChI=1S/C13H17O2Si/c1-5-16(6-2)12-10-8-7-9-11(12)13(14-3)15-4/h5-10,13H,1-2H2,3-4H3. The molecule has 0 amide bonds. The molecular weight excluding hydrogens is 216 g/mol. The van der Waals surface area contributed by atoms with E-state index in [1.165, 1.54) is 5.19 Å². The van der Waals surface area contributed by atoms with Crippen molar-refractivity contribution in [2.24, 2.45) is 0 Å². The van der Waals surface area contributed by atoms with Crippen LogP contribution in [0.1, 0.15) is 11.9 Å². The predicted octanol–water partition coefficient (Wildman–Crippen LogP) is 2.13. The Bertz CT molecular complexity index is 351. The average Bonchev–Trinajstić information content (AvgIpc) is 2.34. The smallest absolute Gasteiger partial charge is 0.183 e. The molecule has 0 heterocycles. The molecule has 0 atom stereocenters. The van der Waals surface area contributed by atoms with Gasteiger partial charge in [-0.3, -0.25) is 0 Å². The maximum atomic E-state index is 5.29. The normalized spacial score (nSPS) is 10.8. The summed E-state index contributed by atoms with van der Waals surface area (Å²) < 4.78 is 10.6. The minimum Gasteiger partial charge on any atom is -0.352 e. The second-order valence-corrected chi connectivity index (χ2v) is 5.52. The first-order valence-electron chi connectivity index (χ1n) is 5.05. The fraction of sp³-hybridized carbons (Fsp3) is 0.231. The second-order valence-electron chi connectivity index (χ2n) is 3.25. The summed E-state index contributed by atoms with van der Waals surface area (Å²) >= 11 is 0. The van der Waals surface area contributed by atoms with E-state index in [2.05, 4.69) is 19.2 Å². The van der Waals surface area contributed by atoms with Crippen molar-refractivity contribution >= 4 is 14.0 Å². The molecule has 1 radical (unpaired) electrons. The summed E-state index contributed by atoms with van der Waals surface area (Å²) in [6, 6.07) is 8.09. The predicted molar refractivity (Wildman–Crippen MR) is 69.0 cm³/mol. The van der Waals surface area contributed by atoms with Crippen LogP contribution in [0.25, 0.3) is 0 Å². The summed E-state index contributed by atoms with van der Waals surface area (Å²) in [4.78, 5) is 0. The molecule has 85 valence electrons. The van der Waals surface area contributed by atoms with Crippen LogP contribution in [0, 0.1) is 0 Å². The molecule has 0 saturated carbocycles. The SMILES string of the molecule is C=C[Si](C=C)c1ccccc1C(OC)OC. The van der Waals surface area contributed by atoms with Crippen molar-refractivity contribution in [3.8, 4) is 0 Å². The van der Waals surface area contributed by atoms with E-state index in [0.29, 0.717) is 0 Å². The lowest BCUT2D eigenvalue weighted by Crippen LogP contribution is -2.31. The van der Waals surface area contributed by atoms with Crippen LogP contribution in [0.4, 0.5) is 0 Å². The van der Waals surface area contributed by atoms with Gasteiger partial charge in [-0.15, -0.1) is 13.2 Å². The topological polar surface area (TPSA) is 18.5 Å². The van der Waals surface area contributed by atoms with E-state index in [4.69, 9.17) is 9.47 Å². The first-order chi connectivity index (χ1) is 7.78. The van der Waals surface area contributed by atoms with Crippen molar-refractivity contribution in [2.75, 3.05) is 14.2 Å². The highest BCUT2D eigenvalue weighted by molar-refractivity contribution is 6.82. The molecule has 0 unspecified atom stereocenters. The third-order valence-electron chi connectivity index (χ3n) is 2.39. The van der Waals surface area contributed by atoms with Crippen LogP contribution in [0.15, 0.2) is 48.8 Å².